The van der Waals surface area contributed by atoms with Gasteiger partial charge in [-0.15, -0.1) is 0 Å². The summed E-state index contributed by atoms with van der Waals surface area (Å²) in [7, 11) is 1.96. The van der Waals surface area contributed by atoms with Gasteiger partial charge in [0.1, 0.15) is 0 Å². The Morgan fingerprint density at radius 3 is 2.92 bits per heavy atom. The van der Waals surface area contributed by atoms with Crippen LogP contribution in [0.15, 0.2) is 30.5 Å². The van der Waals surface area contributed by atoms with E-state index < -0.39 is 0 Å². The minimum atomic E-state index is 0.696. The molecule has 0 aliphatic carbocycles. The van der Waals surface area contributed by atoms with Gasteiger partial charge in [0, 0.05) is 24.1 Å². The number of hydrogen-bond acceptors (Lipinski definition) is 1. The van der Waals surface area contributed by atoms with E-state index in [0.717, 1.165) is 16.6 Å². The second-order valence-corrected chi connectivity index (χ2v) is 2.93. The third-order valence-electron chi connectivity index (χ3n) is 2.11. The zero-order chi connectivity index (χ0) is 9.26. The molecule has 0 unspecified atom stereocenters. The van der Waals surface area contributed by atoms with Crippen molar-refractivity contribution < 1.29 is 4.79 Å². The fourth-order valence-corrected chi connectivity index (χ4v) is 1.52. The number of hydrogen-bond donors (Lipinski definition) is 1. The van der Waals surface area contributed by atoms with Crippen LogP contribution in [0, 0.1) is 0 Å². The molecule has 66 valence electrons. The van der Waals surface area contributed by atoms with E-state index in [-0.39, 0.29) is 0 Å². The number of nitrogens with zero attached hydrogens (tertiary/aromatic N) is 1. The van der Waals surface area contributed by atoms with Crippen molar-refractivity contribution >= 4 is 23.0 Å². The maximum atomic E-state index is 10.3. The number of anilines is 1. The van der Waals surface area contributed by atoms with Gasteiger partial charge in [-0.1, -0.05) is 18.2 Å². The highest BCUT2D eigenvalue weighted by atomic mass is 16.1. The first-order valence-corrected chi connectivity index (χ1v) is 4.07. The highest BCUT2D eigenvalue weighted by molar-refractivity contribution is 5.96. The van der Waals surface area contributed by atoms with Crippen molar-refractivity contribution in [1.29, 1.82) is 0 Å². The predicted octanol–water partition coefficient (Wildman–Crippen LogP) is 1.75. The number of nitrogens with one attached hydrogen (secondary N) is 1. The average molecular weight is 174 g/mol. The van der Waals surface area contributed by atoms with Crippen LogP contribution in [0.3, 0.4) is 0 Å². The minimum Gasteiger partial charge on any atom is -0.348 e. The standard InChI is InChI=1S/C10H10N2O/c1-12-6-9(11-7-13)8-4-2-3-5-10(8)12/h2-7H,1H3,(H,11,13). The highest BCUT2D eigenvalue weighted by Gasteiger charge is 2.03. The number of amides is 1. The van der Waals surface area contributed by atoms with Crippen molar-refractivity contribution in [1.82, 2.24) is 4.57 Å². The number of carbonyl (C=O) groups is 1. The van der Waals surface area contributed by atoms with Gasteiger partial charge in [-0.25, -0.2) is 0 Å². The number of aryl methyl sites for hydroxylation is 1. The molecule has 0 fully saturated rings. The smallest absolute Gasteiger partial charge is 0.211 e. The van der Waals surface area contributed by atoms with Crippen molar-refractivity contribution in [2.45, 2.75) is 0 Å². The Hall–Kier alpha value is -1.77. The average Bonchev–Trinajstić information content (AvgIpc) is 2.46. The van der Waals surface area contributed by atoms with Gasteiger partial charge in [-0.2, -0.15) is 0 Å². The first-order valence-electron chi connectivity index (χ1n) is 4.07. The zero-order valence-electron chi connectivity index (χ0n) is 7.32. The molecular formula is C10H10N2O. The Kier molecular flexibility index (Phi) is 1.77. The fraction of sp³-hybridized carbons (Fsp3) is 0.100. The Bertz CT molecular complexity index is 445. The van der Waals surface area contributed by atoms with Crippen molar-refractivity contribution in [2.75, 3.05) is 5.32 Å². The molecule has 3 heteroatoms. The lowest BCUT2D eigenvalue weighted by Crippen LogP contribution is -1.91. The van der Waals surface area contributed by atoms with Crippen LogP contribution in [-0.2, 0) is 11.8 Å². The van der Waals surface area contributed by atoms with Crippen LogP contribution in [-0.4, -0.2) is 11.0 Å². The van der Waals surface area contributed by atoms with E-state index in [1.807, 2.05) is 42.1 Å². The molecular weight excluding hydrogens is 164 g/mol. The molecule has 1 heterocycles. The predicted molar refractivity (Wildman–Crippen MR) is 52.6 cm³/mol. The lowest BCUT2D eigenvalue weighted by Gasteiger charge is -1.93. The number of fused-ring (bicyclic) bond motifs is 1. The Morgan fingerprint density at radius 2 is 2.15 bits per heavy atom. The van der Waals surface area contributed by atoms with Gasteiger partial charge in [0.15, 0.2) is 0 Å². The van der Waals surface area contributed by atoms with E-state index in [9.17, 15) is 4.79 Å². The summed E-state index contributed by atoms with van der Waals surface area (Å²) < 4.78 is 1.99. The molecule has 13 heavy (non-hydrogen) atoms. The van der Waals surface area contributed by atoms with Gasteiger partial charge in [0.05, 0.1) is 5.69 Å². The second kappa shape index (κ2) is 2.94. The van der Waals surface area contributed by atoms with Gasteiger partial charge in [0.2, 0.25) is 6.41 Å². The first kappa shape index (κ1) is 7.86. The van der Waals surface area contributed by atoms with Gasteiger partial charge < -0.3 is 9.88 Å². The number of para-hydroxylation sites is 1. The van der Waals surface area contributed by atoms with Gasteiger partial charge in [0.25, 0.3) is 0 Å². The molecule has 0 radical (unpaired) electrons. The topological polar surface area (TPSA) is 34.0 Å². The quantitative estimate of drug-likeness (QED) is 0.691. The fourth-order valence-electron chi connectivity index (χ4n) is 1.52. The number of aromatic nitrogens is 1. The monoisotopic (exact) mass is 174 g/mol. The summed E-state index contributed by atoms with van der Waals surface area (Å²) in [6.07, 6.45) is 2.60. The molecule has 3 nitrogen and oxygen atoms in total. The van der Waals surface area contributed by atoms with E-state index in [2.05, 4.69) is 5.32 Å². The molecule has 0 bridgehead atoms. The molecule has 2 aromatic rings. The molecule has 0 saturated carbocycles. The lowest BCUT2D eigenvalue weighted by molar-refractivity contribution is -0.105. The zero-order valence-corrected chi connectivity index (χ0v) is 7.32. The van der Waals surface area contributed by atoms with E-state index in [1.54, 1.807) is 0 Å². The molecule has 2 rings (SSSR count). The largest absolute Gasteiger partial charge is 0.348 e. The summed E-state index contributed by atoms with van der Waals surface area (Å²) in [5.41, 5.74) is 1.97. The number of benzene rings is 1. The minimum absolute atomic E-state index is 0.696. The lowest BCUT2D eigenvalue weighted by atomic mass is 10.2. The number of carbonyl (C=O) groups excluding carboxylic acids is 1. The Labute approximate surface area is 76.0 Å². The summed E-state index contributed by atoms with van der Waals surface area (Å²) in [5, 5.41) is 3.74. The molecule has 1 N–H and O–H groups in total. The van der Waals surface area contributed by atoms with E-state index in [4.69, 9.17) is 0 Å². The second-order valence-electron chi connectivity index (χ2n) is 2.93. The molecule has 0 saturated heterocycles. The van der Waals surface area contributed by atoms with E-state index in [1.165, 1.54) is 0 Å². The van der Waals surface area contributed by atoms with Crippen molar-refractivity contribution in [3.05, 3.63) is 30.5 Å². The third kappa shape index (κ3) is 1.18. The summed E-state index contributed by atoms with van der Waals surface area (Å²) in [6, 6.07) is 7.94. The highest BCUT2D eigenvalue weighted by Crippen LogP contribution is 2.23. The van der Waals surface area contributed by atoms with E-state index in [0.29, 0.717) is 6.41 Å². The summed E-state index contributed by atoms with van der Waals surface area (Å²) in [4.78, 5) is 10.3. The van der Waals surface area contributed by atoms with Crippen molar-refractivity contribution in [2.24, 2.45) is 7.05 Å². The van der Waals surface area contributed by atoms with Crippen molar-refractivity contribution in [3.63, 3.8) is 0 Å². The van der Waals surface area contributed by atoms with E-state index >= 15 is 0 Å². The van der Waals surface area contributed by atoms with Crippen LogP contribution >= 0.6 is 0 Å². The maximum absolute atomic E-state index is 10.3. The van der Waals surface area contributed by atoms with Crippen LogP contribution in [0.1, 0.15) is 0 Å². The maximum Gasteiger partial charge on any atom is 0.211 e. The SMILES string of the molecule is Cn1cc(NC=O)c2ccccc21. The summed E-state index contributed by atoms with van der Waals surface area (Å²) in [5.74, 6) is 0. The molecule has 1 aromatic carbocycles. The molecule has 1 aromatic heterocycles. The Morgan fingerprint density at radius 1 is 1.38 bits per heavy atom. The van der Waals surface area contributed by atoms with Crippen LogP contribution in [0.4, 0.5) is 5.69 Å². The first-order chi connectivity index (χ1) is 6.33. The molecule has 0 spiro atoms. The Balaban J connectivity index is 2.70. The molecule has 0 atom stereocenters. The van der Waals surface area contributed by atoms with Gasteiger partial charge in [-0.05, 0) is 6.07 Å². The summed E-state index contributed by atoms with van der Waals surface area (Å²) in [6.45, 7) is 0. The molecule has 0 aliphatic rings. The van der Waals surface area contributed by atoms with Gasteiger partial charge >= 0.3 is 0 Å². The van der Waals surface area contributed by atoms with Crippen LogP contribution in [0.2, 0.25) is 0 Å². The third-order valence-corrected chi connectivity index (χ3v) is 2.11. The summed E-state index contributed by atoms with van der Waals surface area (Å²) >= 11 is 0. The van der Waals surface area contributed by atoms with Crippen LogP contribution in [0.5, 0.6) is 0 Å². The normalized spacial score (nSPS) is 10.2. The number of rotatable bonds is 2. The van der Waals surface area contributed by atoms with Crippen LogP contribution in [0.25, 0.3) is 10.9 Å². The van der Waals surface area contributed by atoms with Crippen molar-refractivity contribution in [3.8, 4) is 0 Å². The van der Waals surface area contributed by atoms with Gasteiger partial charge in [-0.3, -0.25) is 4.79 Å². The molecule has 1 amide bonds. The van der Waals surface area contributed by atoms with Crippen LogP contribution < -0.4 is 5.32 Å². The molecule has 0 aliphatic heterocycles.